The highest BCUT2D eigenvalue weighted by Crippen LogP contribution is 2.21. The lowest BCUT2D eigenvalue weighted by molar-refractivity contribution is -0.121. The maximum Gasteiger partial charge on any atom is 0.220 e. The summed E-state index contributed by atoms with van der Waals surface area (Å²) in [5.41, 5.74) is 3.78. The summed E-state index contributed by atoms with van der Waals surface area (Å²) in [6.45, 7) is 4.81. The van der Waals surface area contributed by atoms with Gasteiger partial charge in [-0.3, -0.25) is 9.79 Å². The molecule has 144 valence electrons. The lowest BCUT2D eigenvalue weighted by atomic mass is 9.93. The van der Waals surface area contributed by atoms with E-state index in [4.69, 9.17) is 0 Å². The van der Waals surface area contributed by atoms with Gasteiger partial charge in [0.2, 0.25) is 5.91 Å². The fourth-order valence-corrected chi connectivity index (χ4v) is 3.38. The molecule has 26 heavy (non-hydrogen) atoms. The molecule has 0 aromatic heterocycles. The average molecular weight is 360 g/mol. The van der Waals surface area contributed by atoms with Crippen molar-refractivity contribution < 1.29 is 4.79 Å². The van der Waals surface area contributed by atoms with Gasteiger partial charge in [-0.05, 0) is 48.9 Å². The van der Waals surface area contributed by atoms with Crippen LogP contribution < -0.4 is 15.5 Å². The smallest absolute Gasteiger partial charge is 0.220 e. The predicted octanol–water partition coefficient (Wildman–Crippen LogP) is 1.98. The molecule has 1 fully saturated rings. The summed E-state index contributed by atoms with van der Waals surface area (Å²) in [5, 5.41) is 6.22. The number of nitrogens with zero attached hydrogens (tertiary/aromatic N) is 3. The Labute approximate surface area is 157 Å². The van der Waals surface area contributed by atoms with E-state index in [0.717, 1.165) is 38.4 Å². The molecule has 1 aromatic carbocycles. The van der Waals surface area contributed by atoms with Crippen LogP contribution in [0.2, 0.25) is 0 Å². The molecule has 6 nitrogen and oxygen atoms in total. The van der Waals surface area contributed by atoms with E-state index in [-0.39, 0.29) is 5.91 Å². The third-order valence-corrected chi connectivity index (χ3v) is 5.16. The molecule has 1 aliphatic rings. The van der Waals surface area contributed by atoms with Gasteiger partial charge in [0, 0.05) is 59.9 Å². The van der Waals surface area contributed by atoms with Gasteiger partial charge < -0.3 is 20.4 Å². The first kappa shape index (κ1) is 20.1. The first-order chi connectivity index (χ1) is 12.4. The molecule has 2 N–H and O–H groups in total. The zero-order valence-corrected chi connectivity index (χ0v) is 16.8. The van der Waals surface area contributed by atoms with E-state index in [1.807, 2.05) is 7.05 Å². The summed E-state index contributed by atoms with van der Waals surface area (Å²) in [4.78, 5) is 20.4. The van der Waals surface area contributed by atoms with Crippen molar-refractivity contribution in [2.45, 2.75) is 32.7 Å². The van der Waals surface area contributed by atoms with Crippen molar-refractivity contribution in [3.63, 3.8) is 0 Å². The molecule has 1 saturated heterocycles. The SMILES string of the molecule is CN=C(NCc1ccc(N(C)C)cc1C)N1CCC(CC(=O)NC)CC1. The summed E-state index contributed by atoms with van der Waals surface area (Å²) in [6.07, 6.45) is 2.70. The number of aryl methyl sites for hydroxylation is 1. The molecule has 0 saturated carbocycles. The van der Waals surface area contributed by atoms with Gasteiger partial charge in [0.15, 0.2) is 5.96 Å². The number of hydrogen-bond acceptors (Lipinski definition) is 3. The number of anilines is 1. The Hall–Kier alpha value is -2.24. The minimum absolute atomic E-state index is 0.141. The van der Waals surface area contributed by atoms with Gasteiger partial charge in [-0.1, -0.05) is 6.07 Å². The quantitative estimate of drug-likeness (QED) is 0.623. The minimum atomic E-state index is 0.141. The van der Waals surface area contributed by atoms with Crippen LogP contribution >= 0.6 is 0 Å². The summed E-state index contributed by atoms with van der Waals surface area (Å²) in [6, 6.07) is 6.54. The largest absolute Gasteiger partial charge is 0.378 e. The Kier molecular flexibility index (Phi) is 7.30. The second kappa shape index (κ2) is 9.46. The van der Waals surface area contributed by atoms with Crippen LogP contribution in [-0.2, 0) is 11.3 Å². The van der Waals surface area contributed by atoms with E-state index in [2.05, 4.69) is 64.6 Å². The Morgan fingerprint density at radius 1 is 1.31 bits per heavy atom. The molecule has 0 unspecified atom stereocenters. The van der Waals surface area contributed by atoms with E-state index < -0.39 is 0 Å². The van der Waals surface area contributed by atoms with Crippen molar-refractivity contribution in [1.29, 1.82) is 0 Å². The molecule has 0 bridgehead atoms. The molecule has 0 atom stereocenters. The van der Waals surface area contributed by atoms with E-state index in [9.17, 15) is 4.79 Å². The number of benzene rings is 1. The second-order valence-electron chi connectivity index (χ2n) is 7.21. The Morgan fingerprint density at radius 2 is 2.00 bits per heavy atom. The number of guanidine groups is 1. The first-order valence-corrected chi connectivity index (χ1v) is 9.37. The fourth-order valence-electron chi connectivity index (χ4n) is 3.38. The monoisotopic (exact) mass is 359 g/mol. The standard InChI is InChI=1S/C20H33N5O/c1-15-12-18(24(4)5)7-6-17(15)14-23-20(22-3)25-10-8-16(9-11-25)13-19(26)21-2/h6-7,12,16H,8-11,13-14H2,1-5H3,(H,21,26)(H,22,23). The number of rotatable bonds is 5. The summed E-state index contributed by atoms with van der Waals surface area (Å²) in [7, 11) is 7.65. The highest BCUT2D eigenvalue weighted by Gasteiger charge is 2.23. The molecule has 6 heteroatoms. The zero-order valence-electron chi connectivity index (χ0n) is 16.8. The van der Waals surface area contributed by atoms with E-state index in [1.165, 1.54) is 16.8 Å². The van der Waals surface area contributed by atoms with Gasteiger partial charge >= 0.3 is 0 Å². The third-order valence-electron chi connectivity index (χ3n) is 5.16. The zero-order chi connectivity index (χ0) is 19.1. The van der Waals surface area contributed by atoms with Crippen LogP contribution in [-0.4, -0.2) is 58.0 Å². The number of carbonyl (C=O) groups excluding carboxylic acids is 1. The summed E-state index contributed by atoms with van der Waals surface area (Å²) >= 11 is 0. The van der Waals surface area contributed by atoms with Crippen LogP contribution in [0.15, 0.2) is 23.2 Å². The van der Waals surface area contributed by atoms with Crippen molar-refractivity contribution in [1.82, 2.24) is 15.5 Å². The van der Waals surface area contributed by atoms with Crippen LogP contribution in [0.1, 0.15) is 30.4 Å². The first-order valence-electron chi connectivity index (χ1n) is 9.37. The molecule has 1 amide bonds. The van der Waals surface area contributed by atoms with Crippen LogP contribution in [0.4, 0.5) is 5.69 Å². The maximum atomic E-state index is 11.5. The van der Waals surface area contributed by atoms with Crippen molar-refractivity contribution in [3.05, 3.63) is 29.3 Å². The number of hydrogen-bond donors (Lipinski definition) is 2. The molecule has 1 aliphatic heterocycles. The lowest BCUT2D eigenvalue weighted by Crippen LogP contribution is -2.45. The van der Waals surface area contributed by atoms with Gasteiger partial charge in [0.25, 0.3) is 0 Å². The van der Waals surface area contributed by atoms with Crippen molar-refractivity contribution in [2.75, 3.05) is 46.2 Å². The van der Waals surface area contributed by atoms with Crippen LogP contribution in [0.3, 0.4) is 0 Å². The van der Waals surface area contributed by atoms with E-state index in [0.29, 0.717) is 12.3 Å². The number of amides is 1. The molecule has 1 heterocycles. The second-order valence-corrected chi connectivity index (χ2v) is 7.21. The topological polar surface area (TPSA) is 60.0 Å². The van der Waals surface area contributed by atoms with Crippen LogP contribution in [0.5, 0.6) is 0 Å². The minimum Gasteiger partial charge on any atom is -0.378 e. The van der Waals surface area contributed by atoms with Crippen LogP contribution in [0, 0.1) is 12.8 Å². The summed E-state index contributed by atoms with van der Waals surface area (Å²) < 4.78 is 0. The lowest BCUT2D eigenvalue weighted by Gasteiger charge is -2.34. The number of aliphatic imine (C=N–C) groups is 1. The van der Waals surface area contributed by atoms with Gasteiger partial charge in [-0.15, -0.1) is 0 Å². The number of piperidine rings is 1. The van der Waals surface area contributed by atoms with Gasteiger partial charge in [-0.2, -0.15) is 0 Å². The van der Waals surface area contributed by atoms with E-state index in [1.54, 1.807) is 7.05 Å². The van der Waals surface area contributed by atoms with Crippen molar-refractivity contribution >= 4 is 17.6 Å². The summed E-state index contributed by atoms with van der Waals surface area (Å²) in [5.74, 6) is 1.56. The number of nitrogens with one attached hydrogen (secondary N) is 2. The molecular weight excluding hydrogens is 326 g/mol. The maximum absolute atomic E-state index is 11.5. The van der Waals surface area contributed by atoms with Crippen LogP contribution in [0.25, 0.3) is 0 Å². The van der Waals surface area contributed by atoms with Gasteiger partial charge in [-0.25, -0.2) is 0 Å². The average Bonchev–Trinajstić information content (AvgIpc) is 2.64. The Balaban J connectivity index is 1.88. The normalized spacial score (nSPS) is 15.7. The molecule has 0 radical (unpaired) electrons. The highest BCUT2D eigenvalue weighted by atomic mass is 16.1. The molecular formula is C20H33N5O. The fraction of sp³-hybridized carbons (Fsp3) is 0.600. The molecule has 0 aliphatic carbocycles. The number of carbonyl (C=O) groups is 1. The Morgan fingerprint density at radius 3 is 2.54 bits per heavy atom. The highest BCUT2D eigenvalue weighted by molar-refractivity contribution is 5.80. The molecule has 1 aromatic rings. The molecule has 0 spiro atoms. The third kappa shape index (κ3) is 5.38. The molecule has 2 rings (SSSR count). The predicted molar refractivity (Wildman–Crippen MR) is 109 cm³/mol. The van der Waals surface area contributed by atoms with Crippen molar-refractivity contribution in [3.8, 4) is 0 Å². The van der Waals surface area contributed by atoms with E-state index >= 15 is 0 Å². The number of likely N-dealkylation sites (tertiary alicyclic amines) is 1. The van der Waals surface area contributed by atoms with Gasteiger partial charge in [0.1, 0.15) is 0 Å². The van der Waals surface area contributed by atoms with Crippen molar-refractivity contribution in [2.24, 2.45) is 10.9 Å². The van der Waals surface area contributed by atoms with Gasteiger partial charge in [0.05, 0.1) is 0 Å². The Bertz CT molecular complexity index is 633.